The van der Waals surface area contributed by atoms with E-state index in [4.69, 9.17) is 4.74 Å². The SMILES string of the molecule is CCCNCCCS(=O)(=O)N(C)C1CCOCC1. The van der Waals surface area contributed by atoms with Crippen LogP contribution in [0.1, 0.15) is 32.6 Å². The van der Waals surface area contributed by atoms with Gasteiger partial charge in [-0.2, -0.15) is 0 Å². The molecule has 5 nitrogen and oxygen atoms in total. The van der Waals surface area contributed by atoms with Crippen molar-refractivity contribution in [3.05, 3.63) is 0 Å². The first-order valence-corrected chi connectivity index (χ1v) is 8.43. The van der Waals surface area contributed by atoms with Crippen LogP contribution in [0.4, 0.5) is 0 Å². The quantitative estimate of drug-likeness (QED) is 0.668. The fraction of sp³-hybridized carbons (Fsp3) is 1.00. The fourth-order valence-corrected chi connectivity index (χ4v) is 3.56. The van der Waals surface area contributed by atoms with Crippen LogP contribution in [0, 0.1) is 0 Å². The summed E-state index contributed by atoms with van der Waals surface area (Å²) in [4.78, 5) is 0. The Morgan fingerprint density at radius 2 is 1.94 bits per heavy atom. The van der Waals surface area contributed by atoms with Gasteiger partial charge in [0.1, 0.15) is 0 Å². The van der Waals surface area contributed by atoms with Gasteiger partial charge >= 0.3 is 0 Å². The molecule has 0 saturated carbocycles. The van der Waals surface area contributed by atoms with E-state index in [1.807, 2.05) is 0 Å². The molecule has 0 aliphatic carbocycles. The molecule has 1 fully saturated rings. The van der Waals surface area contributed by atoms with E-state index in [0.717, 1.165) is 32.4 Å². The summed E-state index contributed by atoms with van der Waals surface area (Å²) in [7, 11) is -1.41. The monoisotopic (exact) mass is 278 g/mol. The first-order valence-electron chi connectivity index (χ1n) is 6.82. The molecule has 1 aliphatic heterocycles. The van der Waals surface area contributed by atoms with Gasteiger partial charge in [0.25, 0.3) is 0 Å². The third-order valence-corrected chi connectivity index (χ3v) is 5.31. The molecule has 0 bridgehead atoms. The molecule has 0 atom stereocenters. The summed E-state index contributed by atoms with van der Waals surface area (Å²) in [5.41, 5.74) is 0. The summed E-state index contributed by atoms with van der Waals surface area (Å²) in [6, 6.07) is 0.118. The second-order valence-corrected chi connectivity index (χ2v) is 6.93. The molecular formula is C12H26N2O3S. The van der Waals surface area contributed by atoms with Crippen LogP contribution < -0.4 is 5.32 Å². The molecule has 0 unspecified atom stereocenters. The average Bonchev–Trinajstić information content (AvgIpc) is 2.38. The van der Waals surface area contributed by atoms with Gasteiger partial charge in [-0.15, -0.1) is 0 Å². The van der Waals surface area contributed by atoms with E-state index in [-0.39, 0.29) is 11.8 Å². The Hall–Kier alpha value is -0.170. The minimum absolute atomic E-state index is 0.118. The summed E-state index contributed by atoms with van der Waals surface area (Å²) in [5, 5.41) is 3.22. The van der Waals surface area contributed by atoms with Crippen molar-refractivity contribution < 1.29 is 13.2 Å². The maximum atomic E-state index is 12.1. The molecule has 1 rings (SSSR count). The van der Waals surface area contributed by atoms with E-state index < -0.39 is 10.0 Å². The van der Waals surface area contributed by atoms with Crippen LogP contribution in [0.3, 0.4) is 0 Å². The maximum absolute atomic E-state index is 12.1. The van der Waals surface area contributed by atoms with E-state index in [2.05, 4.69) is 12.2 Å². The lowest BCUT2D eigenvalue weighted by Crippen LogP contribution is -2.42. The Kier molecular flexibility index (Phi) is 7.14. The Labute approximate surface area is 111 Å². The van der Waals surface area contributed by atoms with E-state index in [0.29, 0.717) is 19.6 Å². The Morgan fingerprint density at radius 1 is 1.28 bits per heavy atom. The zero-order chi connectivity index (χ0) is 13.4. The lowest BCUT2D eigenvalue weighted by Gasteiger charge is -2.30. The van der Waals surface area contributed by atoms with Crippen molar-refractivity contribution in [3.8, 4) is 0 Å². The van der Waals surface area contributed by atoms with E-state index in [1.165, 1.54) is 0 Å². The Morgan fingerprint density at radius 3 is 2.56 bits per heavy atom. The van der Waals surface area contributed by atoms with E-state index in [1.54, 1.807) is 11.4 Å². The van der Waals surface area contributed by atoms with Gasteiger partial charge in [-0.1, -0.05) is 6.92 Å². The molecule has 1 aliphatic rings. The summed E-state index contributed by atoms with van der Waals surface area (Å²) < 4.78 is 31.0. The Bertz CT molecular complexity index is 313. The molecule has 6 heteroatoms. The number of nitrogens with zero attached hydrogens (tertiary/aromatic N) is 1. The van der Waals surface area contributed by atoms with Crippen LogP contribution in [0.2, 0.25) is 0 Å². The van der Waals surface area contributed by atoms with E-state index in [9.17, 15) is 8.42 Å². The van der Waals surface area contributed by atoms with Crippen LogP contribution >= 0.6 is 0 Å². The second kappa shape index (κ2) is 8.09. The zero-order valence-electron chi connectivity index (χ0n) is 11.5. The van der Waals surface area contributed by atoms with Crippen molar-refractivity contribution in [2.24, 2.45) is 0 Å². The zero-order valence-corrected chi connectivity index (χ0v) is 12.3. The largest absolute Gasteiger partial charge is 0.381 e. The van der Waals surface area contributed by atoms with Crippen molar-refractivity contribution in [1.82, 2.24) is 9.62 Å². The molecular weight excluding hydrogens is 252 g/mol. The van der Waals surface area contributed by atoms with Crippen molar-refractivity contribution >= 4 is 10.0 Å². The van der Waals surface area contributed by atoms with Gasteiger partial charge in [-0.3, -0.25) is 0 Å². The molecule has 1 saturated heterocycles. The van der Waals surface area contributed by atoms with Crippen LogP contribution in [0.25, 0.3) is 0 Å². The third-order valence-electron chi connectivity index (χ3n) is 3.33. The number of ether oxygens (including phenoxy) is 1. The highest BCUT2D eigenvalue weighted by atomic mass is 32.2. The van der Waals surface area contributed by atoms with Gasteiger partial charge in [0, 0.05) is 26.3 Å². The highest BCUT2D eigenvalue weighted by Crippen LogP contribution is 2.16. The highest BCUT2D eigenvalue weighted by molar-refractivity contribution is 7.89. The molecule has 0 aromatic heterocycles. The molecule has 0 aromatic rings. The number of rotatable bonds is 8. The normalized spacial score (nSPS) is 18.4. The first-order chi connectivity index (χ1) is 8.58. The minimum Gasteiger partial charge on any atom is -0.381 e. The Balaban J connectivity index is 2.32. The van der Waals surface area contributed by atoms with Gasteiger partial charge in [0.2, 0.25) is 10.0 Å². The topological polar surface area (TPSA) is 58.6 Å². The lowest BCUT2D eigenvalue weighted by molar-refractivity contribution is 0.0632. The average molecular weight is 278 g/mol. The maximum Gasteiger partial charge on any atom is 0.214 e. The van der Waals surface area contributed by atoms with Crippen molar-refractivity contribution in [2.75, 3.05) is 39.1 Å². The number of hydrogen-bond acceptors (Lipinski definition) is 4. The number of nitrogens with one attached hydrogen (secondary N) is 1. The molecule has 1 N–H and O–H groups in total. The minimum atomic E-state index is -3.11. The number of hydrogen-bond donors (Lipinski definition) is 1. The summed E-state index contributed by atoms with van der Waals surface area (Å²) >= 11 is 0. The van der Waals surface area contributed by atoms with E-state index >= 15 is 0 Å². The predicted molar refractivity (Wildman–Crippen MR) is 73.2 cm³/mol. The lowest BCUT2D eigenvalue weighted by atomic mass is 10.1. The van der Waals surface area contributed by atoms with Gasteiger partial charge in [0.05, 0.1) is 5.75 Å². The molecule has 0 aromatic carbocycles. The van der Waals surface area contributed by atoms with Crippen molar-refractivity contribution in [2.45, 2.75) is 38.6 Å². The summed E-state index contributed by atoms with van der Waals surface area (Å²) in [6.07, 6.45) is 3.37. The molecule has 1 heterocycles. The molecule has 18 heavy (non-hydrogen) atoms. The van der Waals surface area contributed by atoms with Crippen LogP contribution in [0.15, 0.2) is 0 Å². The molecule has 108 valence electrons. The van der Waals surface area contributed by atoms with Crippen molar-refractivity contribution in [1.29, 1.82) is 0 Å². The first kappa shape index (κ1) is 15.9. The van der Waals surface area contributed by atoms with Gasteiger partial charge in [-0.05, 0) is 38.8 Å². The van der Waals surface area contributed by atoms with Crippen LogP contribution in [0.5, 0.6) is 0 Å². The summed E-state index contributed by atoms with van der Waals surface area (Å²) in [5.74, 6) is 0.234. The van der Waals surface area contributed by atoms with Crippen LogP contribution in [-0.4, -0.2) is 57.9 Å². The second-order valence-electron chi connectivity index (χ2n) is 4.78. The molecule has 0 amide bonds. The van der Waals surface area contributed by atoms with Gasteiger partial charge < -0.3 is 10.1 Å². The number of sulfonamides is 1. The smallest absolute Gasteiger partial charge is 0.214 e. The third kappa shape index (κ3) is 5.22. The standard InChI is InChI=1S/C12H26N2O3S/c1-3-7-13-8-4-11-18(15,16)14(2)12-5-9-17-10-6-12/h12-13H,3-11H2,1-2H3. The van der Waals surface area contributed by atoms with Crippen LogP contribution in [-0.2, 0) is 14.8 Å². The molecule has 0 spiro atoms. The van der Waals surface area contributed by atoms with Gasteiger partial charge in [0.15, 0.2) is 0 Å². The molecule has 0 radical (unpaired) electrons. The fourth-order valence-electron chi connectivity index (χ4n) is 2.10. The highest BCUT2D eigenvalue weighted by Gasteiger charge is 2.27. The summed E-state index contributed by atoms with van der Waals surface area (Å²) in [6.45, 7) is 5.17. The predicted octanol–water partition coefficient (Wildman–Crippen LogP) is 0.817. The van der Waals surface area contributed by atoms with Gasteiger partial charge in [-0.25, -0.2) is 12.7 Å². The van der Waals surface area contributed by atoms with Crippen molar-refractivity contribution in [3.63, 3.8) is 0 Å².